The fourth-order valence-electron chi connectivity index (χ4n) is 4.04. The average Bonchev–Trinajstić information content (AvgIpc) is 2.73. The van der Waals surface area contributed by atoms with Crippen LogP contribution in [0.25, 0.3) is 0 Å². The lowest BCUT2D eigenvalue weighted by atomic mass is 9.99. The summed E-state index contributed by atoms with van der Waals surface area (Å²) in [5.74, 6) is 0. The maximum Gasteiger partial charge on any atom is 0.193 e. The molecule has 0 heterocycles. The van der Waals surface area contributed by atoms with Crippen molar-refractivity contribution in [2.45, 2.75) is 137 Å². The van der Waals surface area contributed by atoms with Gasteiger partial charge in [0.1, 0.15) is 0 Å². The summed E-state index contributed by atoms with van der Waals surface area (Å²) in [6, 6.07) is 0. The maximum absolute atomic E-state index is 7.02. The van der Waals surface area contributed by atoms with Crippen molar-refractivity contribution in [1.82, 2.24) is 0 Å². The van der Waals surface area contributed by atoms with Crippen molar-refractivity contribution in [2.24, 2.45) is 0 Å². The summed E-state index contributed by atoms with van der Waals surface area (Å²) in [6.07, 6.45) is 20.2. The molecule has 0 aliphatic carbocycles. The third-order valence-electron chi connectivity index (χ3n) is 7.61. The molecule has 0 aliphatic rings. The Morgan fingerprint density at radius 1 is 0.879 bits per heavy atom. The monoisotopic (exact) mass is 562 g/mol. The van der Waals surface area contributed by atoms with E-state index in [1.807, 2.05) is 0 Å². The second-order valence-electron chi connectivity index (χ2n) is 11.7. The van der Waals surface area contributed by atoms with Crippen molar-refractivity contribution >= 4 is 15.6 Å². The highest BCUT2D eigenvalue weighted by atomic mass is 79.9. The molecule has 0 aromatic heterocycles. The fourth-order valence-corrected chi connectivity index (χ4v) is 10.2. The van der Waals surface area contributed by atoms with E-state index in [4.69, 9.17) is 4.43 Å². The Balaban J connectivity index is 0. The zero-order valence-electron chi connectivity index (χ0n) is 24.3. The van der Waals surface area contributed by atoms with Gasteiger partial charge in [-0.3, -0.25) is 0 Å². The van der Waals surface area contributed by atoms with Gasteiger partial charge in [-0.05, 0) is 74.4 Å². The standard InChI is InChI=1S/C29H60OPSi.BrH/c1-12-16-20-26(5)28(30-32(10,11)29(7,8)9)27(6)21-25-31(22-17-13-2,23-18-14-3)24-19-15-4;/h21,28H,5,12-20,22-25H2,1-4,6-11H3;1H/q+1;/p-1/b27-21+;/t28-;/m0./s1. The highest BCUT2D eigenvalue weighted by Crippen LogP contribution is 2.61. The summed E-state index contributed by atoms with van der Waals surface area (Å²) < 4.78 is 7.02. The molecule has 0 bridgehead atoms. The second kappa shape index (κ2) is 17.9. The Labute approximate surface area is 222 Å². The third kappa shape index (κ3) is 13.4. The molecular weight excluding hydrogens is 503 g/mol. The zero-order chi connectivity index (χ0) is 24.8. The van der Waals surface area contributed by atoms with E-state index in [0.29, 0.717) is 0 Å². The van der Waals surface area contributed by atoms with E-state index < -0.39 is 15.6 Å². The second-order valence-corrected chi connectivity index (χ2v) is 20.9. The molecule has 1 nitrogen and oxygen atoms in total. The van der Waals surface area contributed by atoms with Crippen molar-refractivity contribution in [3.63, 3.8) is 0 Å². The van der Waals surface area contributed by atoms with Crippen LogP contribution in [-0.2, 0) is 4.43 Å². The molecule has 0 aromatic rings. The van der Waals surface area contributed by atoms with Gasteiger partial charge in [-0.25, -0.2) is 0 Å². The van der Waals surface area contributed by atoms with Crippen LogP contribution in [0.4, 0.5) is 0 Å². The molecule has 0 saturated carbocycles. The Hall–Kier alpha value is 0.567. The Kier molecular flexibility index (Phi) is 19.4. The lowest BCUT2D eigenvalue weighted by molar-refractivity contribution is -0.00000846. The molecule has 0 radical (unpaired) electrons. The minimum absolute atomic E-state index is 0. The van der Waals surface area contributed by atoms with E-state index in [1.54, 1.807) is 0 Å². The first kappa shape index (κ1) is 35.7. The predicted molar refractivity (Wildman–Crippen MR) is 156 cm³/mol. The quantitative estimate of drug-likeness (QED) is 0.0954. The topological polar surface area (TPSA) is 9.23 Å². The van der Waals surface area contributed by atoms with Crippen molar-refractivity contribution < 1.29 is 21.4 Å². The van der Waals surface area contributed by atoms with E-state index in [-0.39, 0.29) is 28.1 Å². The lowest BCUT2D eigenvalue weighted by Crippen LogP contribution is -3.00. The summed E-state index contributed by atoms with van der Waals surface area (Å²) in [4.78, 5) is 0. The van der Waals surface area contributed by atoms with Crippen molar-refractivity contribution in [3.05, 3.63) is 23.8 Å². The van der Waals surface area contributed by atoms with Crippen LogP contribution >= 0.6 is 7.26 Å². The summed E-state index contributed by atoms with van der Waals surface area (Å²) in [5.41, 5.74) is 2.73. The first-order valence-electron chi connectivity index (χ1n) is 13.8. The van der Waals surface area contributed by atoms with E-state index in [9.17, 15) is 0 Å². The number of hydrogen-bond donors (Lipinski definition) is 0. The largest absolute Gasteiger partial charge is 1.00 e. The Bertz CT molecular complexity index is 529. The smallest absolute Gasteiger partial charge is 0.193 e. The molecule has 0 aliphatic heterocycles. The molecular formula is C29H60BrOPSi. The molecule has 0 saturated heterocycles. The molecule has 0 unspecified atom stereocenters. The SMILES string of the molecule is C=C(CCCC)[C@H](O[Si](C)(C)C(C)(C)C)/C(C)=C/C[P+](CCCC)(CCCC)CCCC.[Br-]. The van der Waals surface area contributed by atoms with Gasteiger partial charge in [0, 0.05) is 7.26 Å². The highest BCUT2D eigenvalue weighted by Gasteiger charge is 2.40. The fraction of sp³-hybridized carbons (Fsp3) is 0.862. The summed E-state index contributed by atoms with van der Waals surface area (Å²) >= 11 is 0. The third-order valence-corrected chi connectivity index (χ3v) is 16.8. The van der Waals surface area contributed by atoms with Crippen molar-refractivity contribution in [3.8, 4) is 0 Å². The van der Waals surface area contributed by atoms with Gasteiger partial charge < -0.3 is 21.4 Å². The molecule has 0 spiro atoms. The molecule has 1 atom stereocenters. The molecule has 0 rings (SSSR count). The van der Waals surface area contributed by atoms with Crippen LogP contribution in [-0.4, -0.2) is 39.1 Å². The van der Waals surface area contributed by atoms with Crippen LogP contribution in [0.1, 0.15) is 113 Å². The van der Waals surface area contributed by atoms with Crippen LogP contribution in [0.3, 0.4) is 0 Å². The van der Waals surface area contributed by atoms with Gasteiger partial charge in [0.2, 0.25) is 0 Å². The maximum atomic E-state index is 7.02. The van der Waals surface area contributed by atoms with E-state index >= 15 is 0 Å². The molecule has 198 valence electrons. The number of hydrogen-bond acceptors (Lipinski definition) is 1. The normalized spacial score (nSPS) is 14.2. The van der Waals surface area contributed by atoms with Crippen molar-refractivity contribution in [1.29, 1.82) is 0 Å². The molecule has 0 aromatic carbocycles. The van der Waals surface area contributed by atoms with Gasteiger partial charge in [0.15, 0.2) is 8.32 Å². The number of halogens is 1. The van der Waals surface area contributed by atoms with Gasteiger partial charge in [0.05, 0.1) is 30.8 Å². The summed E-state index contributed by atoms with van der Waals surface area (Å²) in [7, 11) is -2.79. The van der Waals surface area contributed by atoms with Gasteiger partial charge >= 0.3 is 0 Å². The van der Waals surface area contributed by atoms with E-state index in [1.165, 1.54) is 87.2 Å². The number of unbranched alkanes of at least 4 members (excludes halogenated alkanes) is 4. The number of rotatable bonds is 18. The predicted octanol–water partition coefficient (Wildman–Crippen LogP) is 7.49. The van der Waals surface area contributed by atoms with Crippen LogP contribution < -0.4 is 17.0 Å². The van der Waals surface area contributed by atoms with Crippen LogP contribution in [0.5, 0.6) is 0 Å². The molecule has 4 heteroatoms. The Morgan fingerprint density at radius 2 is 1.30 bits per heavy atom. The average molecular weight is 564 g/mol. The number of allylic oxidation sites excluding steroid dienone is 1. The zero-order valence-corrected chi connectivity index (χ0v) is 27.8. The van der Waals surface area contributed by atoms with Gasteiger partial charge in [-0.15, -0.1) is 0 Å². The minimum atomic E-state index is -1.86. The first-order chi connectivity index (χ1) is 14.9. The highest BCUT2D eigenvalue weighted by molar-refractivity contribution is 7.76. The lowest BCUT2D eigenvalue weighted by Gasteiger charge is -2.40. The van der Waals surface area contributed by atoms with Crippen molar-refractivity contribution in [2.75, 3.05) is 24.6 Å². The van der Waals surface area contributed by atoms with Crippen LogP contribution in [0.15, 0.2) is 23.8 Å². The van der Waals surface area contributed by atoms with Gasteiger partial charge in [-0.2, -0.15) is 0 Å². The molecule has 0 fully saturated rings. The van der Waals surface area contributed by atoms with Crippen LogP contribution in [0.2, 0.25) is 18.1 Å². The van der Waals surface area contributed by atoms with E-state index in [0.717, 1.165) is 6.42 Å². The first-order valence-corrected chi connectivity index (χ1v) is 19.2. The van der Waals surface area contributed by atoms with Gasteiger partial charge in [0.25, 0.3) is 0 Å². The minimum Gasteiger partial charge on any atom is -1.00 e. The van der Waals surface area contributed by atoms with Gasteiger partial charge in [-0.1, -0.05) is 80.7 Å². The summed E-state index contributed by atoms with van der Waals surface area (Å²) in [5, 5.41) is 0.219. The molecule has 0 amide bonds. The summed E-state index contributed by atoms with van der Waals surface area (Å²) in [6.45, 7) is 28.0. The Morgan fingerprint density at radius 3 is 1.67 bits per heavy atom. The van der Waals surface area contributed by atoms with Crippen LogP contribution in [0, 0.1) is 0 Å². The molecule has 33 heavy (non-hydrogen) atoms. The van der Waals surface area contributed by atoms with E-state index in [2.05, 4.69) is 81.1 Å². The molecule has 0 N–H and O–H groups in total.